The van der Waals surface area contributed by atoms with Gasteiger partial charge in [0.25, 0.3) is 5.91 Å². The number of nitrogens with two attached hydrogens (primary N) is 1. The fourth-order valence-corrected chi connectivity index (χ4v) is 2.49. The molecule has 0 radical (unpaired) electrons. The summed E-state index contributed by atoms with van der Waals surface area (Å²) in [6.45, 7) is -1.71. The van der Waals surface area contributed by atoms with Crippen molar-refractivity contribution in [3.63, 3.8) is 0 Å². The molecular formula is C17H20ClF4N3O3. The Bertz CT molecular complexity index is 741. The van der Waals surface area contributed by atoms with Crippen molar-refractivity contribution in [1.82, 2.24) is 10.2 Å². The third-order valence-corrected chi connectivity index (χ3v) is 3.91. The van der Waals surface area contributed by atoms with E-state index < -0.39 is 31.1 Å². The SMILES string of the molecule is Cl.NC/C(=C\F)COc1ccc2c(c1)CCN(CC(=O)NCC(F)(F)F)C2=O. The van der Waals surface area contributed by atoms with E-state index in [4.69, 9.17) is 10.5 Å². The summed E-state index contributed by atoms with van der Waals surface area (Å²) in [5.41, 5.74) is 6.65. The van der Waals surface area contributed by atoms with Crippen LogP contribution in [-0.4, -0.2) is 55.7 Å². The lowest BCUT2D eigenvalue weighted by Crippen LogP contribution is -2.45. The van der Waals surface area contributed by atoms with Crippen LogP contribution in [0.3, 0.4) is 0 Å². The largest absolute Gasteiger partial charge is 0.489 e. The minimum absolute atomic E-state index is 0. The van der Waals surface area contributed by atoms with Crippen molar-refractivity contribution < 1.29 is 31.9 Å². The molecule has 1 aliphatic rings. The van der Waals surface area contributed by atoms with Crippen LogP contribution in [0, 0.1) is 0 Å². The zero-order chi connectivity index (χ0) is 20.0. The lowest BCUT2D eigenvalue weighted by atomic mass is 9.98. The first kappa shape index (κ1) is 23.7. The fourth-order valence-electron chi connectivity index (χ4n) is 2.49. The zero-order valence-electron chi connectivity index (χ0n) is 14.7. The van der Waals surface area contributed by atoms with Crippen LogP contribution in [0.25, 0.3) is 0 Å². The van der Waals surface area contributed by atoms with Gasteiger partial charge in [0.15, 0.2) is 0 Å². The van der Waals surface area contributed by atoms with Gasteiger partial charge in [-0.3, -0.25) is 9.59 Å². The topological polar surface area (TPSA) is 84.7 Å². The molecule has 0 bridgehead atoms. The molecule has 3 N–H and O–H groups in total. The standard InChI is InChI=1S/C17H19F4N3O3.ClH/c18-6-11(7-22)9-27-13-1-2-14-12(5-13)3-4-24(16(14)26)8-15(25)23-10-17(19,20)21;/h1-2,5-6H,3-4,7-10,22H2,(H,23,25);1H/b11-6+;. The Hall–Kier alpha value is -2.33. The van der Waals surface area contributed by atoms with Gasteiger partial charge >= 0.3 is 6.18 Å². The van der Waals surface area contributed by atoms with Gasteiger partial charge in [-0.15, -0.1) is 12.4 Å². The summed E-state index contributed by atoms with van der Waals surface area (Å²) in [4.78, 5) is 25.2. The van der Waals surface area contributed by atoms with Crippen molar-refractivity contribution in [2.45, 2.75) is 12.6 Å². The van der Waals surface area contributed by atoms with E-state index in [9.17, 15) is 27.2 Å². The maximum atomic E-state index is 12.5. The van der Waals surface area contributed by atoms with Crippen LogP contribution in [0.1, 0.15) is 15.9 Å². The predicted molar refractivity (Wildman–Crippen MR) is 96.1 cm³/mol. The van der Waals surface area contributed by atoms with E-state index >= 15 is 0 Å². The van der Waals surface area contributed by atoms with Gasteiger partial charge in [0, 0.05) is 24.2 Å². The highest BCUT2D eigenvalue weighted by Crippen LogP contribution is 2.24. The van der Waals surface area contributed by atoms with Gasteiger partial charge in [0.2, 0.25) is 5.91 Å². The molecule has 1 heterocycles. The molecule has 1 aromatic rings. The highest BCUT2D eigenvalue weighted by Gasteiger charge is 2.30. The number of rotatable bonds is 7. The average molecular weight is 426 g/mol. The minimum Gasteiger partial charge on any atom is -0.489 e. The summed E-state index contributed by atoms with van der Waals surface area (Å²) in [7, 11) is 0. The number of carbonyl (C=O) groups excluding carboxylic acids is 2. The van der Waals surface area contributed by atoms with E-state index in [1.54, 1.807) is 11.4 Å². The van der Waals surface area contributed by atoms with Crippen molar-refractivity contribution in [2.75, 3.05) is 32.8 Å². The van der Waals surface area contributed by atoms with E-state index in [1.165, 1.54) is 17.0 Å². The third-order valence-electron chi connectivity index (χ3n) is 3.91. The number of carbonyl (C=O) groups is 2. The molecule has 6 nitrogen and oxygen atoms in total. The molecule has 1 aromatic carbocycles. The molecule has 0 saturated carbocycles. The monoisotopic (exact) mass is 425 g/mol. The lowest BCUT2D eigenvalue weighted by Gasteiger charge is -2.28. The molecule has 11 heteroatoms. The molecule has 0 spiro atoms. The summed E-state index contributed by atoms with van der Waals surface area (Å²) in [6.07, 6.45) is -3.72. The smallest absolute Gasteiger partial charge is 0.405 e. The van der Waals surface area contributed by atoms with Crippen molar-refractivity contribution >= 4 is 24.2 Å². The van der Waals surface area contributed by atoms with Gasteiger partial charge < -0.3 is 20.7 Å². The number of hydrogen-bond donors (Lipinski definition) is 2. The summed E-state index contributed by atoms with van der Waals surface area (Å²) in [5, 5.41) is 1.74. The summed E-state index contributed by atoms with van der Waals surface area (Å²) in [5.74, 6) is -0.890. The molecule has 0 saturated heterocycles. The molecule has 0 aliphatic carbocycles. The number of nitrogens with zero attached hydrogens (tertiary/aromatic N) is 1. The van der Waals surface area contributed by atoms with Crippen LogP contribution in [0.2, 0.25) is 0 Å². The first-order valence-electron chi connectivity index (χ1n) is 8.10. The number of nitrogens with one attached hydrogen (secondary N) is 1. The number of alkyl halides is 3. The van der Waals surface area contributed by atoms with Crippen LogP contribution < -0.4 is 15.8 Å². The van der Waals surface area contributed by atoms with Gasteiger partial charge in [-0.2, -0.15) is 13.2 Å². The van der Waals surface area contributed by atoms with Gasteiger partial charge in [-0.1, -0.05) is 0 Å². The molecular weight excluding hydrogens is 406 g/mol. The van der Waals surface area contributed by atoms with Gasteiger partial charge in [-0.05, 0) is 30.2 Å². The molecule has 0 fully saturated rings. The van der Waals surface area contributed by atoms with E-state index in [0.29, 0.717) is 29.6 Å². The number of halogens is 5. The number of benzene rings is 1. The number of amides is 2. The first-order chi connectivity index (χ1) is 12.7. The second kappa shape index (κ2) is 10.3. The Balaban J connectivity index is 0.00000392. The van der Waals surface area contributed by atoms with E-state index in [2.05, 4.69) is 0 Å². The summed E-state index contributed by atoms with van der Waals surface area (Å²) in [6, 6.07) is 4.67. The molecule has 0 unspecified atom stereocenters. The van der Waals surface area contributed by atoms with Crippen LogP contribution >= 0.6 is 12.4 Å². The van der Waals surface area contributed by atoms with Crippen LogP contribution in [0.5, 0.6) is 5.75 Å². The van der Waals surface area contributed by atoms with Crippen LogP contribution in [-0.2, 0) is 11.2 Å². The zero-order valence-corrected chi connectivity index (χ0v) is 15.5. The Morgan fingerprint density at radius 1 is 1.36 bits per heavy atom. The average Bonchev–Trinajstić information content (AvgIpc) is 2.62. The lowest BCUT2D eigenvalue weighted by molar-refractivity contribution is -0.138. The number of fused-ring (bicyclic) bond motifs is 1. The number of ether oxygens (including phenoxy) is 1. The fraction of sp³-hybridized carbons (Fsp3) is 0.412. The first-order valence-corrected chi connectivity index (χ1v) is 8.10. The third kappa shape index (κ3) is 6.68. The van der Waals surface area contributed by atoms with E-state index in [0.717, 1.165) is 0 Å². The number of hydrogen-bond acceptors (Lipinski definition) is 4. The van der Waals surface area contributed by atoms with Crippen molar-refractivity contribution in [1.29, 1.82) is 0 Å². The highest BCUT2D eigenvalue weighted by molar-refractivity contribution is 5.98. The second-order valence-electron chi connectivity index (χ2n) is 5.95. The van der Waals surface area contributed by atoms with E-state index in [1.807, 2.05) is 0 Å². The second-order valence-corrected chi connectivity index (χ2v) is 5.95. The van der Waals surface area contributed by atoms with Crippen molar-refractivity contribution in [2.24, 2.45) is 5.73 Å². The normalized spacial score (nSPS) is 14.2. The molecule has 0 atom stereocenters. The minimum atomic E-state index is -4.51. The maximum Gasteiger partial charge on any atom is 0.405 e. The maximum absolute atomic E-state index is 12.5. The van der Waals surface area contributed by atoms with E-state index in [-0.39, 0.29) is 37.7 Å². The Kier molecular flexibility index (Phi) is 8.70. The van der Waals surface area contributed by atoms with Gasteiger partial charge in [0.05, 0.1) is 12.9 Å². The predicted octanol–water partition coefficient (Wildman–Crippen LogP) is 1.98. The van der Waals surface area contributed by atoms with Gasteiger partial charge in [0.1, 0.15) is 18.9 Å². The Labute approximate surface area is 165 Å². The Morgan fingerprint density at radius 3 is 2.68 bits per heavy atom. The molecule has 1 aliphatic heterocycles. The summed E-state index contributed by atoms with van der Waals surface area (Å²) < 4.78 is 54.3. The van der Waals surface area contributed by atoms with Crippen LogP contribution in [0.4, 0.5) is 17.6 Å². The van der Waals surface area contributed by atoms with Crippen molar-refractivity contribution in [3.8, 4) is 5.75 Å². The molecule has 28 heavy (non-hydrogen) atoms. The van der Waals surface area contributed by atoms with Gasteiger partial charge in [-0.25, -0.2) is 4.39 Å². The van der Waals surface area contributed by atoms with Crippen LogP contribution in [0.15, 0.2) is 30.1 Å². The molecule has 156 valence electrons. The molecule has 0 aromatic heterocycles. The quantitative estimate of drug-likeness (QED) is 0.654. The Morgan fingerprint density at radius 2 is 2.07 bits per heavy atom. The molecule has 2 amide bonds. The highest BCUT2D eigenvalue weighted by atomic mass is 35.5. The van der Waals surface area contributed by atoms with Crippen molar-refractivity contribution in [3.05, 3.63) is 41.2 Å². The summed E-state index contributed by atoms with van der Waals surface area (Å²) >= 11 is 0. The molecule has 2 rings (SSSR count).